The Bertz CT molecular complexity index is 402. The minimum absolute atomic E-state index is 0.0865. The fraction of sp³-hybridized carbons (Fsp3) is 0.538. The SMILES string of the molecule is NNC(c1ccc2c(c1)CCO2)C1CCCO1. The Kier molecular flexibility index (Phi) is 3.01. The summed E-state index contributed by atoms with van der Waals surface area (Å²) in [4.78, 5) is 0. The summed E-state index contributed by atoms with van der Waals surface area (Å²) in [5.41, 5.74) is 5.36. The standard InChI is InChI=1S/C13H18N2O2/c14-15-13(12-2-1-6-16-12)10-3-4-11-9(8-10)5-7-17-11/h3-4,8,12-13,15H,1-2,5-7,14H2. The molecule has 2 unspecified atom stereocenters. The molecule has 2 atom stereocenters. The Morgan fingerprint density at radius 1 is 1.35 bits per heavy atom. The Balaban J connectivity index is 1.85. The average molecular weight is 234 g/mol. The van der Waals surface area contributed by atoms with E-state index in [-0.39, 0.29) is 12.1 Å². The second-order valence-electron chi connectivity index (χ2n) is 4.66. The summed E-state index contributed by atoms with van der Waals surface area (Å²) in [5.74, 6) is 6.68. The van der Waals surface area contributed by atoms with Crippen LogP contribution in [0.25, 0.3) is 0 Å². The van der Waals surface area contributed by atoms with Crippen LogP contribution in [-0.2, 0) is 11.2 Å². The summed E-state index contributed by atoms with van der Waals surface area (Å²) >= 11 is 0. The van der Waals surface area contributed by atoms with Gasteiger partial charge in [-0.2, -0.15) is 0 Å². The zero-order chi connectivity index (χ0) is 11.7. The van der Waals surface area contributed by atoms with Gasteiger partial charge in [0.15, 0.2) is 0 Å². The molecule has 3 N–H and O–H groups in total. The lowest BCUT2D eigenvalue weighted by Gasteiger charge is -2.22. The van der Waals surface area contributed by atoms with Crippen molar-refractivity contribution in [1.82, 2.24) is 5.43 Å². The van der Waals surface area contributed by atoms with Crippen LogP contribution in [0.4, 0.5) is 0 Å². The van der Waals surface area contributed by atoms with Crippen LogP contribution in [0.1, 0.15) is 30.0 Å². The molecule has 1 aromatic rings. The molecule has 17 heavy (non-hydrogen) atoms. The third-order valence-electron chi connectivity index (χ3n) is 3.59. The summed E-state index contributed by atoms with van der Waals surface area (Å²) in [6, 6.07) is 6.39. The molecule has 4 nitrogen and oxygen atoms in total. The monoisotopic (exact) mass is 234 g/mol. The molecule has 0 aliphatic carbocycles. The van der Waals surface area contributed by atoms with E-state index in [1.165, 1.54) is 11.1 Å². The van der Waals surface area contributed by atoms with Crippen LogP contribution >= 0.6 is 0 Å². The predicted octanol–water partition coefficient (Wildman–Crippen LogP) is 1.30. The highest BCUT2D eigenvalue weighted by Crippen LogP contribution is 2.31. The molecule has 3 rings (SSSR count). The molecular formula is C13H18N2O2. The van der Waals surface area contributed by atoms with Crippen LogP contribution in [0.5, 0.6) is 5.75 Å². The van der Waals surface area contributed by atoms with Gasteiger partial charge in [0.05, 0.1) is 18.8 Å². The molecule has 0 amide bonds. The number of hydrogen-bond acceptors (Lipinski definition) is 4. The van der Waals surface area contributed by atoms with Crippen LogP contribution in [0.3, 0.4) is 0 Å². The largest absolute Gasteiger partial charge is 0.493 e. The molecule has 0 saturated carbocycles. The maximum atomic E-state index is 5.71. The van der Waals surface area contributed by atoms with Gasteiger partial charge >= 0.3 is 0 Å². The maximum absolute atomic E-state index is 5.71. The van der Waals surface area contributed by atoms with Gasteiger partial charge in [0, 0.05) is 13.0 Å². The van der Waals surface area contributed by atoms with Crippen molar-refractivity contribution >= 4 is 0 Å². The first-order chi connectivity index (χ1) is 8.38. The Hall–Kier alpha value is -1.10. The van der Waals surface area contributed by atoms with Crippen molar-refractivity contribution in [2.75, 3.05) is 13.2 Å². The molecule has 92 valence electrons. The van der Waals surface area contributed by atoms with Gasteiger partial charge in [-0.15, -0.1) is 0 Å². The molecular weight excluding hydrogens is 216 g/mol. The molecule has 1 saturated heterocycles. The van der Waals surface area contributed by atoms with Crippen molar-refractivity contribution in [3.63, 3.8) is 0 Å². The number of nitrogens with two attached hydrogens (primary N) is 1. The molecule has 0 aromatic heterocycles. The number of hydrogen-bond donors (Lipinski definition) is 2. The fourth-order valence-electron chi connectivity index (χ4n) is 2.68. The highest BCUT2D eigenvalue weighted by atomic mass is 16.5. The number of ether oxygens (including phenoxy) is 2. The van der Waals surface area contributed by atoms with Crippen LogP contribution in [0, 0.1) is 0 Å². The summed E-state index contributed by atoms with van der Waals surface area (Å²) in [5, 5.41) is 0. The lowest BCUT2D eigenvalue weighted by molar-refractivity contribution is 0.0783. The lowest BCUT2D eigenvalue weighted by Crippen LogP contribution is -2.36. The number of benzene rings is 1. The Morgan fingerprint density at radius 2 is 2.29 bits per heavy atom. The van der Waals surface area contributed by atoms with Gasteiger partial charge in [-0.05, 0) is 30.0 Å². The van der Waals surface area contributed by atoms with Crippen molar-refractivity contribution in [2.24, 2.45) is 5.84 Å². The van der Waals surface area contributed by atoms with E-state index in [0.717, 1.165) is 38.2 Å². The lowest BCUT2D eigenvalue weighted by atomic mass is 9.97. The van der Waals surface area contributed by atoms with Crippen LogP contribution in [0.15, 0.2) is 18.2 Å². The number of hydrazine groups is 1. The first-order valence-electron chi connectivity index (χ1n) is 6.22. The van der Waals surface area contributed by atoms with Crippen LogP contribution in [0.2, 0.25) is 0 Å². The highest BCUT2D eigenvalue weighted by molar-refractivity contribution is 5.41. The average Bonchev–Trinajstić information content (AvgIpc) is 2.99. The Morgan fingerprint density at radius 3 is 3.06 bits per heavy atom. The van der Waals surface area contributed by atoms with Crippen LogP contribution in [-0.4, -0.2) is 19.3 Å². The van der Waals surface area contributed by atoms with Gasteiger partial charge in [-0.3, -0.25) is 11.3 Å². The van der Waals surface area contributed by atoms with E-state index in [2.05, 4.69) is 17.6 Å². The van der Waals surface area contributed by atoms with E-state index < -0.39 is 0 Å². The van der Waals surface area contributed by atoms with Crippen molar-refractivity contribution < 1.29 is 9.47 Å². The zero-order valence-corrected chi connectivity index (χ0v) is 9.82. The van der Waals surface area contributed by atoms with Gasteiger partial charge < -0.3 is 9.47 Å². The molecule has 2 aliphatic rings. The topological polar surface area (TPSA) is 56.5 Å². The molecule has 0 bridgehead atoms. The summed E-state index contributed by atoms with van der Waals surface area (Å²) in [6.07, 6.45) is 3.38. The van der Waals surface area contributed by atoms with Gasteiger partial charge in [-0.1, -0.05) is 12.1 Å². The minimum Gasteiger partial charge on any atom is -0.493 e. The van der Waals surface area contributed by atoms with E-state index in [1.807, 2.05) is 6.07 Å². The molecule has 1 aromatic carbocycles. The second-order valence-corrected chi connectivity index (χ2v) is 4.66. The van der Waals surface area contributed by atoms with Gasteiger partial charge in [0.2, 0.25) is 0 Å². The molecule has 4 heteroatoms. The molecule has 1 fully saturated rings. The van der Waals surface area contributed by atoms with Crippen molar-refractivity contribution in [3.8, 4) is 5.75 Å². The first kappa shape index (κ1) is 11.0. The van der Waals surface area contributed by atoms with Crippen molar-refractivity contribution in [2.45, 2.75) is 31.4 Å². The van der Waals surface area contributed by atoms with Gasteiger partial charge in [0.1, 0.15) is 5.75 Å². The molecule has 2 aliphatic heterocycles. The molecule has 0 spiro atoms. The van der Waals surface area contributed by atoms with Crippen molar-refractivity contribution in [3.05, 3.63) is 29.3 Å². The quantitative estimate of drug-likeness (QED) is 0.611. The van der Waals surface area contributed by atoms with E-state index in [9.17, 15) is 0 Å². The predicted molar refractivity (Wildman–Crippen MR) is 64.7 cm³/mol. The number of rotatable bonds is 3. The van der Waals surface area contributed by atoms with Gasteiger partial charge in [-0.25, -0.2) is 0 Å². The summed E-state index contributed by atoms with van der Waals surface area (Å²) in [6.45, 7) is 1.64. The maximum Gasteiger partial charge on any atom is 0.122 e. The van der Waals surface area contributed by atoms with E-state index >= 15 is 0 Å². The normalized spacial score (nSPS) is 24.4. The Labute approximate surface area is 101 Å². The van der Waals surface area contributed by atoms with E-state index in [1.54, 1.807) is 0 Å². The molecule has 2 heterocycles. The third-order valence-corrected chi connectivity index (χ3v) is 3.59. The number of fused-ring (bicyclic) bond motifs is 1. The third kappa shape index (κ3) is 2.04. The highest BCUT2D eigenvalue weighted by Gasteiger charge is 2.27. The van der Waals surface area contributed by atoms with Gasteiger partial charge in [0.25, 0.3) is 0 Å². The van der Waals surface area contributed by atoms with Crippen molar-refractivity contribution in [1.29, 1.82) is 0 Å². The first-order valence-corrected chi connectivity index (χ1v) is 6.22. The minimum atomic E-state index is 0.0865. The second kappa shape index (κ2) is 4.64. The van der Waals surface area contributed by atoms with E-state index in [0.29, 0.717) is 0 Å². The summed E-state index contributed by atoms with van der Waals surface area (Å²) in [7, 11) is 0. The number of nitrogens with one attached hydrogen (secondary N) is 1. The zero-order valence-electron chi connectivity index (χ0n) is 9.82. The molecule has 0 radical (unpaired) electrons. The summed E-state index contributed by atoms with van der Waals surface area (Å²) < 4.78 is 11.2. The fourth-order valence-corrected chi connectivity index (χ4v) is 2.68. The van der Waals surface area contributed by atoms with E-state index in [4.69, 9.17) is 15.3 Å². The smallest absolute Gasteiger partial charge is 0.122 e. The van der Waals surface area contributed by atoms with Crippen LogP contribution < -0.4 is 16.0 Å².